The number of nitrogens with zero attached hydrogens (tertiary/aromatic N) is 1. The fourth-order valence-electron chi connectivity index (χ4n) is 2.32. The van der Waals surface area contributed by atoms with Crippen LogP contribution < -0.4 is 10.7 Å². The number of phenols is 1. The first-order valence-corrected chi connectivity index (χ1v) is 7.80. The first-order chi connectivity index (χ1) is 11.4. The lowest BCUT2D eigenvalue weighted by Gasteiger charge is -2.08. The lowest BCUT2D eigenvalue weighted by molar-refractivity contribution is -0.119. The maximum atomic E-state index is 11.8. The number of benzene rings is 2. The highest BCUT2D eigenvalue weighted by Gasteiger charge is 2.03. The Bertz CT molecular complexity index is 759. The topological polar surface area (TPSA) is 73.7 Å². The highest BCUT2D eigenvalue weighted by atomic mass is 16.3. The number of phenolic OH excluding ortho intramolecular Hbond substituents is 1. The summed E-state index contributed by atoms with van der Waals surface area (Å²) < 4.78 is 0. The summed E-state index contributed by atoms with van der Waals surface area (Å²) in [4.78, 5) is 11.8. The highest BCUT2D eigenvalue weighted by Crippen LogP contribution is 2.21. The number of hydrogen-bond acceptors (Lipinski definition) is 4. The smallest absolute Gasteiger partial charge is 0.259 e. The first kappa shape index (κ1) is 17.5. The van der Waals surface area contributed by atoms with Crippen molar-refractivity contribution in [2.24, 2.45) is 5.10 Å². The second-order valence-corrected chi connectivity index (χ2v) is 5.95. The standard InChI is InChI=1S/C19H23N3O2/c1-12-5-6-17(9-13(12)2)20-11-18(23)22-21-10-16-7-14(3)19(24)15(4)8-16/h5-10,20,24H,11H2,1-4H3,(H,22,23)/b21-10-. The molecule has 0 spiro atoms. The number of amides is 1. The van der Waals surface area contributed by atoms with E-state index >= 15 is 0 Å². The number of aryl methyl sites for hydroxylation is 4. The van der Waals surface area contributed by atoms with Crippen LogP contribution >= 0.6 is 0 Å². The van der Waals surface area contributed by atoms with Crippen molar-refractivity contribution in [3.8, 4) is 5.75 Å². The monoisotopic (exact) mass is 325 g/mol. The molecule has 1 amide bonds. The van der Waals surface area contributed by atoms with Crippen molar-refractivity contribution in [3.63, 3.8) is 0 Å². The molecule has 2 aromatic carbocycles. The van der Waals surface area contributed by atoms with Gasteiger partial charge in [0, 0.05) is 5.69 Å². The summed E-state index contributed by atoms with van der Waals surface area (Å²) in [6.07, 6.45) is 1.56. The van der Waals surface area contributed by atoms with Gasteiger partial charge in [0.05, 0.1) is 12.8 Å². The molecular weight excluding hydrogens is 302 g/mol. The first-order valence-electron chi connectivity index (χ1n) is 7.80. The van der Waals surface area contributed by atoms with Gasteiger partial charge in [0.2, 0.25) is 0 Å². The molecule has 0 aliphatic carbocycles. The molecule has 0 bridgehead atoms. The molecule has 0 aliphatic heterocycles. The van der Waals surface area contributed by atoms with Gasteiger partial charge in [-0.2, -0.15) is 5.10 Å². The van der Waals surface area contributed by atoms with Crippen LogP contribution in [0.25, 0.3) is 0 Å². The maximum Gasteiger partial charge on any atom is 0.259 e. The zero-order chi connectivity index (χ0) is 17.7. The fraction of sp³-hybridized carbons (Fsp3) is 0.263. The molecule has 0 heterocycles. The number of hydrogen-bond donors (Lipinski definition) is 3. The van der Waals surface area contributed by atoms with Crippen LogP contribution in [0.15, 0.2) is 35.4 Å². The third kappa shape index (κ3) is 4.59. The Morgan fingerprint density at radius 3 is 2.33 bits per heavy atom. The Morgan fingerprint density at radius 2 is 1.71 bits per heavy atom. The molecule has 2 rings (SSSR count). The Hall–Kier alpha value is -2.82. The van der Waals surface area contributed by atoms with E-state index in [0.717, 1.165) is 22.4 Å². The van der Waals surface area contributed by atoms with E-state index in [1.54, 1.807) is 6.21 Å². The number of nitrogens with one attached hydrogen (secondary N) is 2. The van der Waals surface area contributed by atoms with E-state index in [2.05, 4.69) is 15.8 Å². The van der Waals surface area contributed by atoms with Gasteiger partial charge in [-0.05, 0) is 79.8 Å². The minimum Gasteiger partial charge on any atom is -0.507 e. The van der Waals surface area contributed by atoms with Crippen LogP contribution in [0.1, 0.15) is 27.8 Å². The van der Waals surface area contributed by atoms with Gasteiger partial charge in [-0.3, -0.25) is 4.79 Å². The number of hydrazone groups is 1. The molecule has 5 heteroatoms. The summed E-state index contributed by atoms with van der Waals surface area (Å²) in [6.45, 7) is 7.88. The third-order valence-corrected chi connectivity index (χ3v) is 3.88. The van der Waals surface area contributed by atoms with E-state index in [-0.39, 0.29) is 18.2 Å². The van der Waals surface area contributed by atoms with E-state index in [1.165, 1.54) is 11.1 Å². The van der Waals surface area contributed by atoms with Crippen LogP contribution in [0.3, 0.4) is 0 Å². The summed E-state index contributed by atoms with van der Waals surface area (Å²) in [6, 6.07) is 9.59. The average molecular weight is 325 g/mol. The third-order valence-electron chi connectivity index (χ3n) is 3.88. The van der Waals surface area contributed by atoms with Gasteiger partial charge in [0.25, 0.3) is 5.91 Å². The minimum atomic E-state index is -0.225. The summed E-state index contributed by atoms with van der Waals surface area (Å²) >= 11 is 0. The van der Waals surface area contributed by atoms with Gasteiger partial charge in [-0.25, -0.2) is 5.43 Å². The van der Waals surface area contributed by atoms with Crippen LogP contribution in [-0.2, 0) is 4.79 Å². The summed E-state index contributed by atoms with van der Waals surface area (Å²) in [5, 5.41) is 16.8. The van der Waals surface area contributed by atoms with Crippen molar-refractivity contribution in [2.75, 3.05) is 11.9 Å². The summed E-state index contributed by atoms with van der Waals surface area (Å²) in [5.74, 6) is 0.0606. The van der Waals surface area contributed by atoms with Crippen molar-refractivity contribution in [2.45, 2.75) is 27.7 Å². The van der Waals surface area contributed by atoms with Crippen LogP contribution in [0.4, 0.5) is 5.69 Å². The second-order valence-electron chi connectivity index (χ2n) is 5.95. The van der Waals surface area contributed by atoms with Crippen molar-refractivity contribution >= 4 is 17.8 Å². The number of carbonyl (C=O) groups excluding carboxylic acids is 1. The minimum absolute atomic E-state index is 0.146. The molecule has 0 aliphatic rings. The lowest BCUT2D eigenvalue weighted by atomic mass is 10.1. The van der Waals surface area contributed by atoms with Gasteiger partial charge >= 0.3 is 0 Å². The quantitative estimate of drug-likeness (QED) is 0.584. The molecule has 2 aromatic rings. The predicted molar refractivity (Wildman–Crippen MR) is 97.7 cm³/mol. The zero-order valence-electron chi connectivity index (χ0n) is 14.5. The van der Waals surface area contributed by atoms with E-state index in [1.807, 2.05) is 58.0 Å². The van der Waals surface area contributed by atoms with Gasteiger partial charge in [-0.15, -0.1) is 0 Å². The van der Waals surface area contributed by atoms with Crippen molar-refractivity contribution in [1.82, 2.24) is 5.43 Å². The highest BCUT2D eigenvalue weighted by molar-refractivity contribution is 5.84. The van der Waals surface area contributed by atoms with Crippen LogP contribution in [0.5, 0.6) is 5.75 Å². The molecule has 0 saturated carbocycles. The normalized spacial score (nSPS) is 10.8. The van der Waals surface area contributed by atoms with Crippen LogP contribution in [0, 0.1) is 27.7 Å². The number of rotatable bonds is 5. The molecule has 0 saturated heterocycles. The predicted octanol–water partition coefficient (Wildman–Crippen LogP) is 3.19. The van der Waals surface area contributed by atoms with E-state index < -0.39 is 0 Å². The molecule has 0 atom stereocenters. The SMILES string of the molecule is Cc1ccc(NCC(=O)N/N=C\c2cc(C)c(O)c(C)c2)cc1C. The van der Waals surface area contributed by atoms with Crippen LogP contribution in [-0.4, -0.2) is 23.8 Å². The van der Waals surface area contributed by atoms with E-state index in [9.17, 15) is 9.90 Å². The molecule has 0 aromatic heterocycles. The Morgan fingerprint density at radius 1 is 1.04 bits per heavy atom. The van der Waals surface area contributed by atoms with Gasteiger partial charge < -0.3 is 10.4 Å². The van der Waals surface area contributed by atoms with Gasteiger partial charge in [0.1, 0.15) is 5.75 Å². The van der Waals surface area contributed by atoms with E-state index in [0.29, 0.717) is 0 Å². The summed E-state index contributed by atoms with van der Waals surface area (Å²) in [7, 11) is 0. The molecule has 0 fully saturated rings. The molecular formula is C19H23N3O2. The van der Waals surface area contributed by atoms with E-state index in [4.69, 9.17) is 0 Å². The number of aromatic hydroxyl groups is 1. The molecule has 0 unspecified atom stereocenters. The average Bonchev–Trinajstić information content (AvgIpc) is 2.53. The second kappa shape index (κ2) is 7.64. The maximum absolute atomic E-state index is 11.8. The van der Waals surface area contributed by atoms with Gasteiger partial charge in [-0.1, -0.05) is 6.07 Å². The number of carbonyl (C=O) groups is 1. The van der Waals surface area contributed by atoms with Crippen molar-refractivity contribution in [1.29, 1.82) is 0 Å². The Labute approximate surface area is 142 Å². The molecule has 126 valence electrons. The number of anilines is 1. The Kier molecular flexibility index (Phi) is 5.58. The molecule has 3 N–H and O–H groups in total. The van der Waals surface area contributed by atoms with Gasteiger partial charge in [0.15, 0.2) is 0 Å². The molecule has 5 nitrogen and oxygen atoms in total. The van der Waals surface area contributed by atoms with Crippen molar-refractivity contribution in [3.05, 3.63) is 58.1 Å². The summed E-state index contributed by atoms with van der Waals surface area (Å²) in [5.41, 5.74) is 8.16. The Balaban J connectivity index is 1.87. The fourth-order valence-corrected chi connectivity index (χ4v) is 2.32. The molecule has 24 heavy (non-hydrogen) atoms. The van der Waals surface area contributed by atoms with Crippen molar-refractivity contribution < 1.29 is 9.90 Å². The van der Waals surface area contributed by atoms with Crippen LogP contribution in [0.2, 0.25) is 0 Å². The lowest BCUT2D eigenvalue weighted by Crippen LogP contribution is -2.25. The zero-order valence-corrected chi connectivity index (χ0v) is 14.5. The molecule has 0 radical (unpaired) electrons. The largest absolute Gasteiger partial charge is 0.507 e.